The molecule has 0 atom stereocenters. The van der Waals surface area contributed by atoms with E-state index in [1.165, 1.54) is 39.5 Å². The lowest BCUT2D eigenvalue weighted by molar-refractivity contribution is 0.0977. The molecule has 0 unspecified atom stereocenters. The molecular formula is C26H25N3O6S. The van der Waals surface area contributed by atoms with Crippen LogP contribution in [0.3, 0.4) is 0 Å². The molecule has 1 aromatic heterocycles. The molecule has 3 aromatic carbocycles. The molecule has 9 nitrogen and oxygen atoms in total. The van der Waals surface area contributed by atoms with Crippen molar-refractivity contribution in [1.29, 1.82) is 0 Å². The van der Waals surface area contributed by atoms with E-state index in [1.807, 2.05) is 18.2 Å². The number of benzene rings is 3. The summed E-state index contributed by atoms with van der Waals surface area (Å²) in [4.78, 5) is 17.3. The second-order valence-corrected chi connectivity index (χ2v) is 8.14. The largest absolute Gasteiger partial charge is 0.507 e. The predicted molar refractivity (Wildman–Crippen MR) is 140 cm³/mol. The Balaban J connectivity index is 1.48. The Kier molecular flexibility index (Phi) is 7.25. The monoisotopic (exact) mass is 507 g/mol. The van der Waals surface area contributed by atoms with Gasteiger partial charge in [0.1, 0.15) is 11.3 Å². The fourth-order valence-electron chi connectivity index (χ4n) is 3.65. The number of ether oxygens (including phenoxy) is 3. The summed E-state index contributed by atoms with van der Waals surface area (Å²) in [7, 11) is 4.40. The quantitative estimate of drug-likeness (QED) is 0.300. The van der Waals surface area contributed by atoms with Crippen LogP contribution >= 0.6 is 12.2 Å². The van der Waals surface area contributed by atoms with Gasteiger partial charge in [-0.05, 0) is 60.6 Å². The Hall–Kier alpha value is -4.31. The minimum absolute atomic E-state index is 0.0369. The molecule has 0 spiro atoms. The van der Waals surface area contributed by atoms with Crippen LogP contribution in [0.2, 0.25) is 0 Å². The zero-order chi connectivity index (χ0) is 25.8. The van der Waals surface area contributed by atoms with Gasteiger partial charge in [0, 0.05) is 17.3 Å². The van der Waals surface area contributed by atoms with Gasteiger partial charge in [0.25, 0.3) is 5.91 Å². The second-order valence-electron chi connectivity index (χ2n) is 7.73. The third-order valence-corrected chi connectivity index (χ3v) is 5.70. The summed E-state index contributed by atoms with van der Waals surface area (Å²) < 4.78 is 21.7. The van der Waals surface area contributed by atoms with Gasteiger partial charge in [0.2, 0.25) is 11.6 Å². The van der Waals surface area contributed by atoms with Crippen LogP contribution < -0.4 is 24.8 Å². The fraction of sp³-hybridized carbons (Fsp3) is 0.192. The van der Waals surface area contributed by atoms with Crippen molar-refractivity contribution < 1.29 is 28.5 Å². The molecule has 0 fully saturated rings. The molecule has 0 bridgehead atoms. The van der Waals surface area contributed by atoms with Gasteiger partial charge < -0.3 is 29.1 Å². The van der Waals surface area contributed by atoms with Gasteiger partial charge in [-0.3, -0.25) is 10.1 Å². The number of carbonyl (C=O) groups is 1. The molecule has 0 aliphatic carbocycles. The number of aromatic hydroxyl groups is 1. The number of hydrogen-bond acceptors (Lipinski definition) is 8. The second kappa shape index (κ2) is 10.5. The topological polar surface area (TPSA) is 115 Å². The fourth-order valence-corrected chi connectivity index (χ4v) is 3.86. The van der Waals surface area contributed by atoms with Crippen molar-refractivity contribution in [2.24, 2.45) is 0 Å². The molecule has 0 aliphatic rings. The van der Waals surface area contributed by atoms with Gasteiger partial charge in [-0.2, -0.15) is 0 Å². The number of anilines is 1. The number of nitrogens with zero attached hydrogens (tertiary/aromatic N) is 1. The maximum atomic E-state index is 12.8. The van der Waals surface area contributed by atoms with E-state index < -0.39 is 5.91 Å². The van der Waals surface area contributed by atoms with Gasteiger partial charge in [0.05, 0.1) is 26.9 Å². The third kappa shape index (κ3) is 5.03. The number of aromatic nitrogens is 1. The van der Waals surface area contributed by atoms with Crippen molar-refractivity contribution in [3.8, 4) is 34.5 Å². The van der Waals surface area contributed by atoms with E-state index in [0.29, 0.717) is 40.0 Å². The summed E-state index contributed by atoms with van der Waals surface area (Å²) >= 11 is 5.28. The summed E-state index contributed by atoms with van der Waals surface area (Å²) in [5.41, 5.74) is 3.67. The van der Waals surface area contributed by atoms with E-state index in [1.54, 1.807) is 12.1 Å². The number of thiocarbonyl (C=S) groups is 1. The van der Waals surface area contributed by atoms with E-state index in [9.17, 15) is 9.90 Å². The molecule has 1 amide bonds. The lowest BCUT2D eigenvalue weighted by atomic mass is 10.1. The van der Waals surface area contributed by atoms with Crippen LogP contribution in [-0.4, -0.2) is 42.4 Å². The maximum Gasteiger partial charge on any atom is 0.257 e. The Labute approximate surface area is 213 Å². The Morgan fingerprint density at radius 3 is 2.36 bits per heavy atom. The van der Waals surface area contributed by atoms with E-state index in [0.717, 1.165) is 17.5 Å². The molecule has 0 saturated carbocycles. The number of nitrogens with one attached hydrogen (secondary N) is 2. The van der Waals surface area contributed by atoms with Gasteiger partial charge >= 0.3 is 0 Å². The Bertz CT molecular complexity index is 1420. The lowest BCUT2D eigenvalue weighted by Crippen LogP contribution is -2.34. The number of aryl methyl sites for hydroxylation is 1. The predicted octanol–water partition coefficient (Wildman–Crippen LogP) is 4.92. The molecule has 36 heavy (non-hydrogen) atoms. The first-order valence-electron chi connectivity index (χ1n) is 11.0. The molecule has 4 rings (SSSR count). The number of hydrogen-bond donors (Lipinski definition) is 3. The van der Waals surface area contributed by atoms with E-state index in [2.05, 4.69) is 22.5 Å². The lowest BCUT2D eigenvalue weighted by Gasteiger charge is -2.15. The van der Waals surface area contributed by atoms with E-state index in [4.69, 9.17) is 30.8 Å². The standard InChI is InChI=1S/C26H25N3O6S/c1-5-14-6-9-20-18(10-14)28-25(35-20)17-8-7-16(13-19(17)30)27-26(36)29-24(31)15-11-21(32-2)23(34-4)22(12-15)33-3/h6-13,30H,5H2,1-4H3,(H2,27,29,31,36). The first-order valence-corrected chi connectivity index (χ1v) is 11.4. The number of phenolic OH excluding ortho intramolecular Hbond substituents is 1. The van der Waals surface area contributed by atoms with E-state index >= 15 is 0 Å². The molecule has 186 valence electrons. The van der Waals surface area contributed by atoms with Crippen LogP contribution in [0.15, 0.2) is 52.9 Å². The highest BCUT2D eigenvalue weighted by molar-refractivity contribution is 7.80. The van der Waals surface area contributed by atoms with Gasteiger partial charge in [-0.15, -0.1) is 0 Å². The van der Waals surface area contributed by atoms with Crippen LogP contribution in [0, 0.1) is 0 Å². The van der Waals surface area contributed by atoms with Crippen LogP contribution in [-0.2, 0) is 6.42 Å². The highest BCUT2D eigenvalue weighted by atomic mass is 32.1. The molecule has 1 heterocycles. The number of rotatable bonds is 7. The molecule has 4 aromatic rings. The zero-order valence-electron chi connectivity index (χ0n) is 20.2. The zero-order valence-corrected chi connectivity index (χ0v) is 21.0. The Morgan fingerprint density at radius 1 is 1.03 bits per heavy atom. The number of phenols is 1. The molecule has 0 aliphatic heterocycles. The molecule has 3 N–H and O–H groups in total. The third-order valence-electron chi connectivity index (χ3n) is 5.50. The minimum Gasteiger partial charge on any atom is -0.507 e. The van der Waals surface area contributed by atoms with Crippen molar-refractivity contribution >= 4 is 40.0 Å². The summed E-state index contributed by atoms with van der Waals surface area (Å²) in [5.74, 6) is 0.822. The van der Waals surface area contributed by atoms with Crippen molar-refractivity contribution in [2.75, 3.05) is 26.6 Å². The molecule has 0 radical (unpaired) electrons. The highest BCUT2D eigenvalue weighted by Gasteiger charge is 2.18. The van der Waals surface area contributed by atoms with Crippen LogP contribution in [0.4, 0.5) is 5.69 Å². The van der Waals surface area contributed by atoms with Crippen molar-refractivity contribution in [2.45, 2.75) is 13.3 Å². The van der Waals surface area contributed by atoms with Crippen molar-refractivity contribution in [3.63, 3.8) is 0 Å². The number of oxazole rings is 1. The number of methoxy groups -OCH3 is 3. The number of carbonyl (C=O) groups excluding carboxylic acids is 1. The number of fused-ring (bicyclic) bond motifs is 1. The number of amides is 1. The summed E-state index contributed by atoms with van der Waals surface area (Å²) in [6, 6.07) is 13.7. The van der Waals surface area contributed by atoms with Gasteiger partial charge in [-0.25, -0.2) is 4.98 Å². The van der Waals surface area contributed by atoms with Crippen molar-refractivity contribution in [1.82, 2.24) is 10.3 Å². The van der Waals surface area contributed by atoms with Crippen molar-refractivity contribution in [3.05, 3.63) is 59.7 Å². The molecular weight excluding hydrogens is 482 g/mol. The maximum absolute atomic E-state index is 12.8. The van der Waals surface area contributed by atoms with Crippen LogP contribution in [0.1, 0.15) is 22.8 Å². The first-order chi connectivity index (χ1) is 17.4. The molecule has 0 saturated heterocycles. The van der Waals surface area contributed by atoms with Gasteiger partial charge in [0.15, 0.2) is 22.2 Å². The average Bonchev–Trinajstić information content (AvgIpc) is 3.30. The van der Waals surface area contributed by atoms with Gasteiger partial charge in [-0.1, -0.05) is 13.0 Å². The van der Waals surface area contributed by atoms with Crippen LogP contribution in [0.5, 0.6) is 23.0 Å². The highest BCUT2D eigenvalue weighted by Crippen LogP contribution is 2.38. The smallest absolute Gasteiger partial charge is 0.257 e. The summed E-state index contributed by atoms with van der Waals surface area (Å²) in [5, 5.41) is 16.1. The van der Waals surface area contributed by atoms with E-state index in [-0.39, 0.29) is 16.4 Å². The molecule has 10 heteroatoms. The first kappa shape index (κ1) is 24.8. The average molecular weight is 508 g/mol. The SMILES string of the molecule is CCc1ccc2oc(-c3ccc(NC(=S)NC(=O)c4cc(OC)c(OC)c(OC)c4)cc3O)nc2c1. The Morgan fingerprint density at radius 2 is 1.75 bits per heavy atom. The minimum atomic E-state index is -0.481. The normalized spacial score (nSPS) is 10.7. The van der Waals surface area contributed by atoms with Crippen LogP contribution in [0.25, 0.3) is 22.6 Å². The summed E-state index contributed by atoms with van der Waals surface area (Å²) in [6.45, 7) is 2.07. The summed E-state index contributed by atoms with van der Waals surface area (Å²) in [6.07, 6.45) is 0.889.